The third kappa shape index (κ3) is 4.91. The number of nitrogens with one attached hydrogen (secondary N) is 1. The van der Waals surface area contributed by atoms with Gasteiger partial charge in [0.1, 0.15) is 0 Å². The maximum absolute atomic E-state index is 13.6. The van der Waals surface area contributed by atoms with Gasteiger partial charge in [-0.3, -0.25) is 28.9 Å². The second-order valence-corrected chi connectivity index (χ2v) is 11.2. The van der Waals surface area contributed by atoms with Gasteiger partial charge in [-0.2, -0.15) is 0 Å². The highest BCUT2D eigenvalue weighted by molar-refractivity contribution is 6.07. The van der Waals surface area contributed by atoms with Crippen molar-refractivity contribution >= 4 is 35.2 Å². The van der Waals surface area contributed by atoms with Crippen LogP contribution in [0.4, 0.5) is 5.69 Å². The lowest BCUT2D eigenvalue weighted by Crippen LogP contribution is -2.41. The number of carbonyl (C=O) groups excluding carboxylic acids is 5. The number of Topliss-reactive ketones (excluding diaryl/α,β-unsaturated/α-hetero) is 1. The van der Waals surface area contributed by atoms with Gasteiger partial charge >= 0.3 is 5.97 Å². The number of esters is 1. The van der Waals surface area contributed by atoms with Gasteiger partial charge in [0, 0.05) is 36.1 Å². The monoisotopic (exact) mass is 564 g/mol. The number of unbranched alkanes of at least 4 members (excludes halogenated alkanes) is 2. The number of nitrogens with zero attached hydrogens (tertiary/aromatic N) is 1. The number of imide groups is 1. The number of anilines is 1. The number of carbonyl (C=O) groups is 5. The van der Waals surface area contributed by atoms with Gasteiger partial charge in [-0.05, 0) is 66.3 Å². The maximum atomic E-state index is 13.6. The van der Waals surface area contributed by atoms with Crippen molar-refractivity contribution in [1.82, 2.24) is 4.90 Å². The molecule has 0 unspecified atom stereocenters. The van der Waals surface area contributed by atoms with Crippen LogP contribution in [0.2, 0.25) is 0 Å². The predicted molar refractivity (Wildman–Crippen MR) is 155 cm³/mol. The third-order valence-corrected chi connectivity index (χ3v) is 8.74. The fraction of sp³-hybridized carbons (Fsp3) is 0.324. The van der Waals surface area contributed by atoms with E-state index in [4.69, 9.17) is 4.74 Å². The van der Waals surface area contributed by atoms with Crippen molar-refractivity contribution in [3.63, 3.8) is 0 Å². The first-order chi connectivity index (χ1) is 20.3. The summed E-state index contributed by atoms with van der Waals surface area (Å²) in [5, 5.41) is 2.63. The molecule has 1 heterocycles. The van der Waals surface area contributed by atoms with E-state index in [2.05, 4.69) is 29.6 Å². The van der Waals surface area contributed by atoms with E-state index in [9.17, 15) is 24.0 Å². The van der Waals surface area contributed by atoms with Crippen LogP contribution >= 0.6 is 0 Å². The first-order valence-electron chi connectivity index (χ1n) is 14.4. The molecule has 3 aromatic rings. The second kappa shape index (κ2) is 11.4. The summed E-state index contributed by atoms with van der Waals surface area (Å²) in [5.41, 5.74) is 5.67. The zero-order valence-electron chi connectivity index (χ0n) is 23.4. The van der Waals surface area contributed by atoms with E-state index in [0.29, 0.717) is 37.1 Å². The van der Waals surface area contributed by atoms with Gasteiger partial charge in [0.05, 0.1) is 11.8 Å². The highest BCUT2D eigenvalue weighted by Gasteiger charge is 2.61. The minimum Gasteiger partial charge on any atom is -0.456 e. The number of amides is 3. The average Bonchev–Trinajstić information content (AvgIpc) is 3.25. The molecular formula is C34H32N2O6. The van der Waals surface area contributed by atoms with Crippen LogP contribution in [0.15, 0.2) is 72.8 Å². The number of ether oxygens (including phenoxy) is 1. The van der Waals surface area contributed by atoms with Crippen LogP contribution in [0.1, 0.15) is 77.1 Å². The lowest BCUT2D eigenvalue weighted by molar-refractivity contribution is -0.147. The van der Waals surface area contributed by atoms with E-state index >= 15 is 0 Å². The van der Waals surface area contributed by atoms with E-state index in [0.717, 1.165) is 22.3 Å². The van der Waals surface area contributed by atoms with E-state index < -0.39 is 18.5 Å². The molecule has 214 valence electrons. The molecule has 4 aliphatic rings. The van der Waals surface area contributed by atoms with E-state index in [1.807, 2.05) is 24.3 Å². The molecule has 8 nitrogen and oxygen atoms in total. The highest BCUT2D eigenvalue weighted by atomic mass is 16.5. The Morgan fingerprint density at radius 3 is 1.76 bits per heavy atom. The Kier molecular flexibility index (Phi) is 7.45. The lowest BCUT2D eigenvalue weighted by atomic mass is 9.55. The number of ketones is 1. The molecular weight excluding hydrogens is 532 g/mol. The van der Waals surface area contributed by atoms with Gasteiger partial charge in [0.15, 0.2) is 12.4 Å². The highest BCUT2D eigenvalue weighted by Crippen LogP contribution is 2.60. The van der Waals surface area contributed by atoms with Crippen LogP contribution in [-0.4, -0.2) is 47.5 Å². The number of hydrogen-bond acceptors (Lipinski definition) is 6. The number of benzene rings is 3. The Labute approximate surface area is 244 Å². The summed E-state index contributed by atoms with van der Waals surface area (Å²) in [6.07, 6.45) is 1.90. The van der Waals surface area contributed by atoms with Crippen molar-refractivity contribution in [2.24, 2.45) is 11.8 Å². The van der Waals surface area contributed by atoms with Crippen molar-refractivity contribution in [3.05, 3.63) is 101 Å². The summed E-state index contributed by atoms with van der Waals surface area (Å²) >= 11 is 0. The second-order valence-electron chi connectivity index (χ2n) is 11.2. The molecule has 3 aliphatic carbocycles. The Morgan fingerprint density at radius 1 is 0.738 bits per heavy atom. The summed E-state index contributed by atoms with van der Waals surface area (Å²) < 4.78 is 5.08. The van der Waals surface area contributed by atoms with Crippen LogP contribution in [-0.2, 0) is 23.9 Å². The van der Waals surface area contributed by atoms with Crippen LogP contribution < -0.4 is 5.32 Å². The number of rotatable bonds is 10. The van der Waals surface area contributed by atoms with Gasteiger partial charge in [0.2, 0.25) is 11.8 Å². The molecule has 1 N–H and O–H groups in total. The quantitative estimate of drug-likeness (QED) is 0.164. The zero-order chi connectivity index (χ0) is 29.4. The first-order valence-corrected chi connectivity index (χ1v) is 14.4. The average molecular weight is 565 g/mol. The van der Waals surface area contributed by atoms with Crippen LogP contribution in [0.3, 0.4) is 0 Å². The number of hydrogen-bond donors (Lipinski definition) is 1. The Bertz CT molecular complexity index is 1460. The standard InChI is InChI=1S/C34H32N2O6/c1-20(37)21-14-16-22(17-15-21)35-27(38)19-42-28(39)13-3-2-8-18-36-33(40)31-29-23-9-4-5-10-24(23)30(32(31)34(36)41)26-12-7-6-11-25(26)29/h4-7,9-12,14-17,29-32H,2-3,8,13,18-19H2,1H3,(H,35,38)/t29?,30?,31-,32+. The van der Waals surface area contributed by atoms with Crippen molar-refractivity contribution in [2.75, 3.05) is 18.5 Å². The van der Waals surface area contributed by atoms with Crippen LogP contribution in [0.25, 0.3) is 0 Å². The molecule has 7 rings (SSSR count). The van der Waals surface area contributed by atoms with Gasteiger partial charge in [0.25, 0.3) is 5.91 Å². The number of likely N-dealkylation sites (tertiary alicyclic amines) is 1. The fourth-order valence-corrected chi connectivity index (χ4v) is 6.88. The molecule has 1 saturated heterocycles. The molecule has 1 fully saturated rings. The van der Waals surface area contributed by atoms with Gasteiger partial charge in [-0.1, -0.05) is 55.0 Å². The maximum Gasteiger partial charge on any atom is 0.306 e. The predicted octanol–water partition coefficient (Wildman–Crippen LogP) is 4.82. The molecule has 0 saturated carbocycles. The molecule has 3 aromatic carbocycles. The normalized spacial score (nSPS) is 21.4. The first kappa shape index (κ1) is 27.6. The smallest absolute Gasteiger partial charge is 0.306 e. The summed E-state index contributed by atoms with van der Waals surface area (Å²) in [4.78, 5) is 64.3. The van der Waals surface area contributed by atoms with Crippen molar-refractivity contribution in [3.8, 4) is 0 Å². The van der Waals surface area contributed by atoms with Crippen molar-refractivity contribution < 1.29 is 28.7 Å². The summed E-state index contributed by atoms with van der Waals surface area (Å²) in [6, 6.07) is 22.8. The lowest BCUT2D eigenvalue weighted by Gasteiger charge is -2.45. The summed E-state index contributed by atoms with van der Waals surface area (Å²) in [7, 11) is 0. The molecule has 0 radical (unpaired) electrons. The molecule has 8 heteroatoms. The Balaban J connectivity index is 0.978. The summed E-state index contributed by atoms with van der Waals surface area (Å²) in [5.74, 6) is -2.17. The SMILES string of the molecule is CC(=O)c1ccc(NC(=O)COC(=O)CCCCCN2C(=O)[C@@H]3C4c5ccccc5C(c5ccccc54)[C@@H]3C2=O)cc1. The van der Waals surface area contributed by atoms with Gasteiger partial charge in [-0.25, -0.2) is 0 Å². The molecule has 42 heavy (non-hydrogen) atoms. The zero-order valence-corrected chi connectivity index (χ0v) is 23.4. The Morgan fingerprint density at radius 2 is 1.26 bits per heavy atom. The Hall–Kier alpha value is -4.59. The molecule has 0 spiro atoms. The molecule has 2 bridgehead atoms. The van der Waals surface area contributed by atoms with Gasteiger partial charge in [-0.15, -0.1) is 0 Å². The fourth-order valence-electron chi connectivity index (χ4n) is 6.88. The van der Waals surface area contributed by atoms with Crippen molar-refractivity contribution in [2.45, 2.75) is 44.4 Å². The third-order valence-electron chi connectivity index (χ3n) is 8.74. The largest absolute Gasteiger partial charge is 0.456 e. The van der Waals surface area contributed by atoms with E-state index in [1.54, 1.807) is 24.3 Å². The minimum atomic E-state index is -0.483. The van der Waals surface area contributed by atoms with Crippen LogP contribution in [0, 0.1) is 11.8 Å². The summed E-state index contributed by atoms with van der Waals surface area (Å²) in [6.45, 7) is 1.39. The molecule has 0 aromatic heterocycles. The van der Waals surface area contributed by atoms with E-state index in [-0.39, 0.29) is 47.7 Å². The topological polar surface area (TPSA) is 110 Å². The minimum absolute atomic E-state index is 0.0673. The van der Waals surface area contributed by atoms with Gasteiger partial charge < -0.3 is 10.1 Å². The van der Waals surface area contributed by atoms with Crippen molar-refractivity contribution in [1.29, 1.82) is 0 Å². The van der Waals surface area contributed by atoms with Crippen LogP contribution in [0.5, 0.6) is 0 Å². The molecule has 1 aliphatic heterocycles. The molecule has 2 atom stereocenters. The van der Waals surface area contributed by atoms with E-state index in [1.165, 1.54) is 11.8 Å². The molecule has 3 amide bonds.